The Bertz CT molecular complexity index is 1100. The van der Waals surface area contributed by atoms with Crippen molar-refractivity contribution in [2.45, 2.75) is 30.6 Å². The summed E-state index contributed by atoms with van der Waals surface area (Å²) < 4.78 is 18.6. The Morgan fingerprint density at radius 3 is 2.83 bits per heavy atom. The lowest BCUT2D eigenvalue weighted by Gasteiger charge is -2.10. The second-order valence-corrected chi connectivity index (χ2v) is 8.35. The van der Waals surface area contributed by atoms with Gasteiger partial charge in [0.05, 0.1) is 10.8 Å². The second kappa shape index (κ2) is 8.20. The van der Waals surface area contributed by atoms with Gasteiger partial charge in [0.15, 0.2) is 28.3 Å². The molecule has 2 heterocycles. The van der Waals surface area contributed by atoms with Crippen molar-refractivity contribution in [3.8, 4) is 17.2 Å². The number of ketones is 1. The van der Waals surface area contributed by atoms with Crippen LogP contribution in [0, 0.1) is 0 Å². The Morgan fingerprint density at radius 1 is 1.17 bits per heavy atom. The molecular formula is C21H18ClN3O4S. The average molecular weight is 444 g/mol. The van der Waals surface area contributed by atoms with Crippen LogP contribution in [0.4, 0.5) is 0 Å². The molecule has 7 nitrogen and oxygen atoms in total. The van der Waals surface area contributed by atoms with Gasteiger partial charge in [-0.25, -0.2) is 0 Å². The predicted octanol–water partition coefficient (Wildman–Crippen LogP) is 4.55. The molecule has 1 aliphatic carbocycles. The van der Waals surface area contributed by atoms with Crippen molar-refractivity contribution in [3.05, 3.63) is 58.9 Å². The summed E-state index contributed by atoms with van der Waals surface area (Å²) >= 11 is 7.55. The van der Waals surface area contributed by atoms with E-state index in [1.54, 1.807) is 24.3 Å². The number of thioether (sulfide) groups is 1. The third-order valence-corrected chi connectivity index (χ3v) is 6.12. The lowest BCUT2D eigenvalue weighted by atomic mass is 10.1. The first-order valence-electron chi connectivity index (χ1n) is 9.56. The number of benzene rings is 2. The quantitative estimate of drug-likeness (QED) is 0.373. The molecule has 1 fully saturated rings. The maximum absolute atomic E-state index is 12.7. The first kappa shape index (κ1) is 19.3. The largest absolute Gasteiger partial charge is 0.484 e. The van der Waals surface area contributed by atoms with Crippen molar-refractivity contribution in [2.75, 3.05) is 12.5 Å². The predicted molar refractivity (Wildman–Crippen MR) is 112 cm³/mol. The van der Waals surface area contributed by atoms with Gasteiger partial charge in [-0.1, -0.05) is 35.5 Å². The number of rotatable bonds is 8. The second-order valence-electron chi connectivity index (χ2n) is 7.00. The van der Waals surface area contributed by atoms with Gasteiger partial charge >= 0.3 is 0 Å². The van der Waals surface area contributed by atoms with Crippen LogP contribution in [0.15, 0.2) is 47.6 Å². The van der Waals surface area contributed by atoms with Crippen molar-refractivity contribution in [2.24, 2.45) is 0 Å². The summed E-state index contributed by atoms with van der Waals surface area (Å²) in [5, 5.41) is 9.88. The van der Waals surface area contributed by atoms with Crippen LogP contribution < -0.4 is 14.2 Å². The fourth-order valence-electron chi connectivity index (χ4n) is 3.19. The van der Waals surface area contributed by atoms with E-state index >= 15 is 0 Å². The summed E-state index contributed by atoms with van der Waals surface area (Å²) in [5.74, 6) is 2.86. The van der Waals surface area contributed by atoms with Crippen LogP contribution in [-0.2, 0) is 6.61 Å². The highest BCUT2D eigenvalue weighted by Gasteiger charge is 2.30. The molecule has 1 aromatic heterocycles. The van der Waals surface area contributed by atoms with Crippen molar-refractivity contribution in [3.63, 3.8) is 0 Å². The molecule has 9 heteroatoms. The lowest BCUT2D eigenvalue weighted by Crippen LogP contribution is -2.08. The highest BCUT2D eigenvalue weighted by Crippen LogP contribution is 2.39. The van der Waals surface area contributed by atoms with Gasteiger partial charge in [-0.3, -0.25) is 9.36 Å². The molecule has 0 atom stereocenters. The number of aromatic nitrogens is 3. The standard InChI is InChI=1S/C21H18ClN3O4S/c22-15-3-1-2-4-17(15)27-10-20-23-24-21(25(20)14-6-7-14)30-11-16(26)13-5-8-18-19(9-13)29-12-28-18/h1-5,8-9,14H,6-7,10-12H2. The molecule has 0 spiro atoms. The first-order chi connectivity index (χ1) is 14.7. The van der Waals surface area contributed by atoms with Gasteiger partial charge in [-0.15, -0.1) is 10.2 Å². The maximum Gasteiger partial charge on any atom is 0.231 e. The number of nitrogens with zero attached hydrogens (tertiary/aromatic N) is 3. The fraction of sp³-hybridized carbons (Fsp3) is 0.286. The highest BCUT2D eigenvalue weighted by molar-refractivity contribution is 7.99. The molecule has 3 aromatic rings. The van der Waals surface area contributed by atoms with E-state index in [4.69, 9.17) is 25.8 Å². The van der Waals surface area contributed by atoms with Crippen molar-refractivity contribution >= 4 is 29.1 Å². The molecule has 0 unspecified atom stereocenters. The van der Waals surface area contributed by atoms with E-state index in [1.807, 2.05) is 18.2 Å². The van der Waals surface area contributed by atoms with Crippen LogP contribution in [0.5, 0.6) is 17.2 Å². The van der Waals surface area contributed by atoms with Crippen LogP contribution in [0.1, 0.15) is 35.1 Å². The van der Waals surface area contributed by atoms with E-state index in [-0.39, 0.29) is 24.9 Å². The zero-order valence-electron chi connectivity index (χ0n) is 15.9. The molecule has 0 bridgehead atoms. The number of para-hydroxylation sites is 1. The molecule has 0 saturated heterocycles. The number of Topliss-reactive ketones (excluding diaryl/α,β-unsaturated/α-hetero) is 1. The Hall–Kier alpha value is -2.71. The number of hydrogen-bond acceptors (Lipinski definition) is 7. The number of carbonyl (C=O) groups excluding carboxylic acids is 1. The van der Waals surface area contributed by atoms with Crippen LogP contribution in [0.2, 0.25) is 5.02 Å². The average Bonchev–Trinajstić information content (AvgIpc) is 3.34. The first-order valence-corrected chi connectivity index (χ1v) is 10.9. The van der Waals surface area contributed by atoms with Crippen LogP contribution in [0.25, 0.3) is 0 Å². The van der Waals surface area contributed by atoms with Gasteiger partial charge in [0, 0.05) is 11.6 Å². The van der Waals surface area contributed by atoms with Crippen molar-refractivity contribution < 1.29 is 19.0 Å². The molecule has 154 valence electrons. The molecule has 0 radical (unpaired) electrons. The highest BCUT2D eigenvalue weighted by atomic mass is 35.5. The van der Waals surface area contributed by atoms with E-state index in [2.05, 4.69) is 14.8 Å². The summed E-state index contributed by atoms with van der Waals surface area (Å²) in [4.78, 5) is 12.7. The molecule has 0 N–H and O–H groups in total. The molecule has 1 saturated carbocycles. The molecule has 0 amide bonds. The number of hydrogen-bond donors (Lipinski definition) is 0. The van der Waals surface area contributed by atoms with E-state index < -0.39 is 0 Å². The van der Waals surface area contributed by atoms with Gasteiger partial charge < -0.3 is 14.2 Å². The molecule has 2 aliphatic rings. The third-order valence-electron chi connectivity index (χ3n) is 4.87. The summed E-state index contributed by atoms with van der Waals surface area (Å²) in [6.45, 7) is 0.454. The van der Waals surface area contributed by atoms with Gasteiger partial charge in [0.1, 0.15) is 12.4 Å². The number of halogens is 1. The maximum atomic E-state index is 12.7. The van der Waals surface area contributed by atoms with E-state index in [0.29, 0.717) is 33.9 Å². The molecular weight excluding hydrogens is 426 g/mol. The fourth-order valence-corrected chi connectivity index (χ4v) is 4.30. The van der Waals surface area contributed by atoms with Crippen LogP contribution in [0.3, 0.4) is 0 Å². The van der Waals surface area contributed by atoms with Crippen molar-refractivity contribution in [1.82, 2.24) is 14.8 Å². The van der Waals surface area contributed by atoms with Crippen LogP contribution >= 0.6 is 23.4 Å². The minimum atomic E-state index is -0.00230. The molecule has 30 heavy (non-hydrogen) atoms. The Kier molecular flexibility index (Phi) is 5.26. The monoisotopic (exact) mass is 443 g/mol. The number of carbonyl (C=O) groups is 1. The lowest BCUT2D eigenvalue weighted by molar-refractivity contribution is 0.102. The Labute approximate surface area is 182 Å². The zero-order chi connectivity index (χ0) is 20.5. The third kappa shape index (κ3) is 3.97. The van der Waals surface area contributed by atoms with E-state index in [1.165, 1.54) is 11.8 Å². The van der Waals surface area contributed by atoms with Gasteiger partial charge in [-0.05, 0) is 43.2 Å². The minimum Gasteiger partial charge on any atom is -0.484 e. The number of ether oxygens (including phenoxy) is 3. The Balaban J connectivity index is 1.27. The minimum absolute atomic E-state index is 0.00230. The van der Waals surface area contributed by atoms with Gasteiger partial charge in [-0.2, -0.15) is 0 Å². The molecule has 1 aliphatic heterocycles. The van der Waals surface area contributed by atoms with E-state index in [9.17, 15) is 4.79 Å². The van der Waals surface area contributed by atoms with Crippen LogP contribution in [-0.4, -0.2) is 33.1 Å². The van der Waals surface area contributed by atoms with Crippen molar-refractivity contribution in [1.29, 1.82) is 0 Å². The molecule has 5 rings (SSSR count). The molecule has 2 aromatic carbocycles. The summed E-state index contributed by atoms with van der Waals surface area (Å²) in [7, 11) is 0. The normalized spacial score (nSPS) is 14.7. The van der Waals surface area contributed by atoms with E-state index in [0.717, 1.165) is 23.8 Å². The summed E-state index contributed by atoms with van der Waals surface area (Å²) in [6, 6.07) is 12.9. The number of fused-ring (bicyclic) bond motifs is 1. The zero-order valence-corrected chi connectivity index (χ0v) is 17.5. The van der Waals surface area contributed by atoms with Gasteiger partial charge in [0.2, 0.25) is 6.79 Å². The van der Waals surface area contributed by atoms with Gasteiger partial charge in [0.25, 0.3) is 0 Å². The Morgan fingerprint density at radius 2 is 2.00 bits per heavy atom. The topological polar surface area (TPSA) is 75.5 Å². The SMILES string of the molecule is O=C(CSc1nnc(COc2ccccc2Cl)n1C1CC1)c1ccc2c(c1)OCO2. The smallest absolute Gasteiger partial charge is 0.231 e. The summed E-state index contributed by atoms with van der Waals surface area (Å²) in [6.07, 6.45) is 2.14. The summed E-state index contributed by atoms with van der Waals surface area (Å²) in [5.41, 5.74) is 0.589.